The lowest BCUT2D eigenvalue weighted by atomic mass is 10.0. The number of hydrogen-bond donors (Lipinski definition) is 1. The van der Waals surface area contributed by atoms with Crippen LogP contribution in [0.5, 0.6) is 5.75 Å². The van der Waals surface area contributed by atoms with Crippen molar-refractivity contribution in [3.8, 4) is 5.75 Å². The Bertz CT molecular complexity index is 1480. The van der Waals surface area contributed by atoms with Gasteiger partial charge < -0.3 is 10.1 Å². The summed E-state index contributed by atoms with van der Waals surface area (Å²) in [5, 5.41) is 2.72. The van der Waals surface area contributed by atoms with E-state index in [9.17, 15) is 21.6 Å². The van der Waals surface area contributed by atoms with Crippen LogP contribution in [0.3, 0.4) is 0 Å². The van der Waals surface area contributed by atoms with Crippen molar-refractivity contribution < 1.29 is 26.4 Å². The molecule has 1 amide bonds. The topological polar surface area (TPSA) is 113 Å². The van der Waals surface area contributed by atoms with Crippen molar-refractivity contribution in [2.75, 3.05) is 32.1 Å². The summed E-state index contributed by atoms with van der Waals surface area (Å²) in [6, 6.07) is 20.8. The highest BCUT2D eigenvalue weighted by Gasteiger charge is 2.31. The molecule has 1 heterocycles. The van der Waals surface area contributed by atoms with E-state index in [-0.39, 0.29) is 22.3 Å². The molecule has 11 heteroatoms. The molecule has 0 unspecified atom stereocenters. The smallest absolute Gasteiger partial charge is 0.243 e. The molecule has 9 nitrogen and oxygen atoms in total. The van der Waals surface area contributed by atoms with Crippen molar-refractivity contribution in [2.24, 2.45) is 5.92 Å². The number of benzene rings is 3. The van der Waals surface area contributed by atoms with Crippen LogP contribution in [0.4, 0.5) is 5.69 Å². The lowest BCUT2D eigenvalue weighted by Crippen LogP contribution is -2.39. The quantitative estimate of drug-likeness (QED) is 0.394. The third-order valence-electron chi connectivity index (χ3n) is 6.61. The number of sulfonamides is 2. The van der Waals surface area contributed by atoms with Gasteiger partial charge in [0.2, 0.25) is 26.0 Å². The zero-order valence-corrected chi connectivity index (χ0v) is 23.6. The van der Waals surface area contributed by atoms with Crippen molar-refractivity contribution in [2.45, 2.75) is 36.1 Å². The maximum absolute atomic E-state index is 13.7. The normalized spacial score (nSPS) is 16.6. The molecule has 1 atom stereocenters. The summed E-state index contributed by atoms with van der Waals surface area (Å²) in [7, 11) is -6.37. The molecule has 0 saturated carbocycles. The van der Waals surface area contributed by atoms with E-state index in [1.165, 1.54) is 35.7 Å². The van der Waals surface area contributed by atoms with Gasteiger partial charge in [0, 0.05) is 25.3 Å². The minimum absolute atomic E-state index is 0.0408. The molecule has 0 radical (unpaired) electrons. The summed E-state index contributed by atoms with van der Waals surface area (Å²) in [6.07, 6.45) is 1.77. The van der Waals surface area contributed by atoms with Crippen LogP contribution in [0, 0.1) is 5.92 Å². The van der Waals surface area contributed by atoms with Crippen molar-refractivity contribution in [1.82, 2.24) is 8.61 Å². The molecule has 0 aliphatic carbocycles. The zero-order valence-electron chi connectivity index (χ0n) is 22.0. The van der Waals surface area contributed by atoms with Gasteiger partial charge in [0.05, 0.1) is 23.4 Å². The van der Waals surface area contributed by atoms with E-state index in [1.54, 1.807) is 48.5 Å². The zero-order chi connectivity index (χ0) is 28.0. The van der Waals surface area contributed by atoms with Crippen LogP contribution in [0.25, 0.3) is 0 Å². The predicted octanol–water partition coefficient (Wildman–Crippen LogP) is 3.95. The van der Waals surface area contributed by atoms with Gasteiger partial charge in [0.15, 0.2) is 0 Å². The van der Waals surface area contributed by atoms with Crippen molar-refractivity contribution in [3.05, 3.63) is 84.4 Å². The second kappa shape index (κ2) is 12.3. The monoisotopic (exact) mass is 571 g/mol. The number of rotatable bonds is 10. The first-order valence-corrected chi connectivity index (χ1v) is 15.6. The predicted molar refractivity (Wildman–Crippen MR) is 149 cm³/mol. The average molecular weight is 572 g/mol. The number of methoxy groups -OCH3 is 1. The van der Waals surface area contributed by atoms with Gasteiger partial charge in [-0.05, 0) is 72.9 Å². The highest BCUT2D eigenvalue weighted by Crippen LogP contribution is 2.26. The number of hydrogen-bond acceptors (Lipinski definition) is 6. The van der Waals surface area contributed by atoms with Gasteiger partial charge in [0.25, 0.3) is 0 Å². The SMILES string of the molecule is COc1ccc(CN(CC(=O)Nc2ccccc2)S(=O)(=O)c2ccc(S(=O)(=O)N3CCC[C@H](C)C3)cc2)cc1. The number of nitrogens with zero attached hydrogens (tertiary/aromatic N) is 2. The summed E-state index contributed by atoms with van der Waals surface area (Å²) in [4.78, 5) is 12.8. The van der Waals surface area contributed by atoms with E-state index in [0.29, 0.717) is 30.1 Å². The Labute approximate surface area is 230 Å². The van der Waals surface area contributed by atoms with Gasteiger partial charge in [-0.15, -0.1) is 0 Å². The second-order valence-corrected chi connectivity index (χ2v) is 13.5. The van der Waals surface area contributed by atoms with Crippen LogP contribution in [-0.2, 0) is 31.4 Å². The minimum Gasteiger partial charge on any atom is -0.497 e. The fraction of sp³-hybridized carbons (Fsp3) is 0.321. The molecule has 1 N–H and O–H groups in total. The number of carbonyl (C=O) groups is 1. The summed E-state index contributed by atoms with van der Waals surface area (Å²) in [5.74, 6) is 0.383. The molecule has 208 valence electrons. The highest BCUT2D eigenvalue weighted by molar-refractivity contribution is 7.89. The first-order chi connectivity index (χ1) is 18.6. The van der Waals surface area contributed by atoms with E-state index in [0.717, 1.165) is 17.1 Å². The van der Waals surface area contributed by atoms with Crippen LogP contribution in [0.1, 0.15) is 25.3 Å². The lowest BCUT2D eigenvalue weighted by Gasteiger charge is -2.30. The summed E-state index contributed by atoms with van der Waals surface area (Å²) >= 11 is 0. The molecule has 3 aromatic carbocycles. The Morgan fingerprint density at radius 2 is 1.59 bits per heavy atom. The number of nitrogens with one attached hydrogen (secondary N) is 1. The van der Waals surface area contributed by atoms with E-state index >= 15 is 0 Å². The summed E-state index contributed by atoms with van der Waals surface area (Å²) < 4.78 is 61.4. The molecule has 1 saturated heterocycles. The Balaban J connectivity index is 1.59. The number of para-hydroxylation sites is 1. The van der Waals surface area contributed by atoms with Gasteiger partial charge in [-0.2, -0.15) is 8.61 Å². The van der Waals surface area contributed by atoms with Crippen molar-refractivity contribution >= 4 is 31.6 Å². The molecular formula is C28H33N3O6S2. The maximum atomic E-state index is 13.7. The molecule has 3 aromatic rings. The average Bonchev–Trinajstić information content (AvgIpc) is 2.93. The molecule has 1 aliphatic heterocycles. The third-order valence-corrected chi connectivity index (χ3v) is 10.3. The maximum Gasteiger partial charge on any atom is 0.243 e. The van der Waals surface area contributed by atoms with E-state index < -0.39 is 32.5 Å². The van der Waals surface area contributed by atoms with Gasteiger partial charge in [-0.3, -0.25) is 4.79 Å². The molecular weight excluding hydrogens is 538 g/mol. The fourth-order valence-electron chi connectivity index (χ4n) is 4.49. The van der Waals surface area contributed by atoms with Crippen LogP contribution >= 0.6 is 0 Å². The molecule has 1 fully saturated rings. The van der Waals surface area contributed by atoms with Crippen LogP contribution < -0.4 is 10.1 Å². The standard InChI is InChI=1S/C28H33N3O6S2/c1-22-7-6-18-30(19-22)38(33,34)26-14-16-27(17-15-26)39(35,36)31(20-23-10-12-25(37-2)13-11-23)21-28(32)29-24-8-4-3-5-9-24/h3-5,8-17,22H,6-7,18-21H2,1-2H3,(H,29,32)/t22-/m0/s1. The summed E-state index contributed by atoms with van der Waals surface area (Å²) in [6.45, 7) is 2.39. The molecule has 1 aliphatic rings. The first-order valence-electron chi connectivity index (χ1n) is 12.7. The Morgan fingerprint density at radius 3 is 2.21 bits per heavy atom. The molecule has 0 aromatic heterocycles. The van der Waals surface area contributed by atoms with Crippen LogP contribution in [0.15, 0.2) is 88.7 Å². The minimum atomic E-state index is -4.17. The molecule has 4 rings (SSSR count). The van der Waals surface area contributed by atoms with Crippen molar-refractivity contribution in [1.29, 1.82) is 0 Å². The van der Waals surface area contributed by atoms with Crippen molar-refractivity contribution in [3.63, 3.8) is 0 Å². The fourth-order valence-corrected chi connectivity index (χ4v) is 7.47. The van der Waals surface area contributed by atoms with Gasteiger partial charge in [-0.25, -0.2) is 16.8 Å². The molecule has 39 heavy (non-hydrogen) atoms. The number of carbonyl (C=O) groups excluding carboxylic acids is 1. The molecule has 0 spiro atoms. The Morgan fingerprint density at radius 1 is 0.949 bits per heavy atom. The highest BCUT2D eigenvalue weighted by atomic mass is 32.2. The summed E-state index contributed by atoms with van der Waals surface area (Å²) in [5.41, 5.74) is 1.20. The van der Waals surface area contributed by atoms with E-state index in [4.69, 9.17) is 4.74 Å². The number of piperidine rings is 1. The number of amides is 1. The molecule has 0 bridgehead atoms. The second-order valence-electron chi connectivity index (χ2n) is 9.62. The number of anilines is 1. The van der Waals surface area contributed by atoms with E-state index in [2.05, 4.69) is 5.32 Å². The third kappa shape index (κ3) is 7.04. The van der Waals surface area contributed by atoms with Gasteiger partial charge >= 0.3 is 0 Å². The largest absolute Gasteiger partial charge is 0.497 e. The van der Waals surface area contributed by atoms with E-state index in [1.807, 2.05) is 13.0 Å². The Hall–Kier alpha value is -3.25. The Kier molecular flexibility index (Phi) is 9.06. The lowest BCUT2D eigenvalue weighted by molar-refractivity contribution is -0.116. The number of ether oxygens (including phenoxy) is 1. The van der Waals surface area contributed by atoms with Crippen LogP contribution in [-0.4, -0.2) is 58.1 Å². The first kappa shape index (κ1) is 28.8. The van der Waals surface area contributed by atoms with Gasteiger partial charge in [0.1, 0.15) is 5.75 Å². The van der Waals surface area contributed by atoms with Crippen LogP contribution in [0.2, 0.25) is 0 Å². The van der Waals surface area contributed by atoms with Gasteiger partial charge in [-0.1, -0.05) is 37.3 Å².